The molecule has 1 heterocycles. The number of fused-ring (bicyclic) bond motifs is 2. The van der Waals surface area contributed by atoms with Crippen LogP contribution >= 0.6 is 12.2 Å². The van der Waals surface area contributed by atoms with Crippen LogP contribution in [0.1, 0.15) is 25.3 Å². The SMILES string of the molecule is CC(C)c1ccc(OCC(=O)NC(=S)Nc2ccc3nn(-c4cccc5ccccc45)nc3c2)cc1. The van der Waals surface area contributed by atoms with Crippen molar-refractivity contribution in [2.24, 2.45) is 0 Å². The zero-order valence-corrected chi connectivity index (χ0v) is 20.8. The third-order valence-corrected chi connectivity index (χ3v) is 5.99. The highest BCUT2D eigenvalue weighted by Gasteiger charge is 2.11. The molecular formula is C28H25N5O2S. The van der Waals surface area contributed by atoms with E-state index in [0.29, 0.717) is 22.9 Å². The second-order valence-electron chi connectivity index (χ2n) is 8.71. The predicted octanol–water partition coefficient (Wildman–Crippen LogP) is 5.59. The Hall–Kier alpha value is -4.30. The Morgan fingerprint density at radius 2 is 1.69 bits per heavy atom. The van der Waals surface area contributed by atoms with Crippen molar-refractivity contribution in [1.82, 2.24) is 20.3 Å². The summed E-state index contributed by atoms with van der Waals surface area (Å²) in [4.78, 5) is 13.9. The Morgan fingerprint density at radius 3 is 2.50 bits per heavy atom. The smallest absolute Gasteiger partial charge is 0.264 e. The van der Waals surface area contributed by atoms with E-state index in [-0.39, 0.29) is 17.6 Å². The van der Waals surface area contributed by atoms with E-state index in [1.807, 2.05) is 66.7 Å². The average molecular weight is 496 g/mol. The van der Waals surface area contributed by atoms with Gasteiger partial charge in [0, 0.05) is 11.1 Å². The summed E-state index contributed by atoms with van der Waals surface area (Å²) in [7, 11) is 0. The number of thiocarbonyl (C=S) groups is 1. The molecule has 5 aromatic rings. The van der Waals surface area contributed by atoms with Gasteiger partial charge in [0.05, 0.1) is 5.69 Å². The Kier molecular flexibility index (Phi) is 6.60. The van der Waals surface area contributed by atoms with Crippen LogP contribution in [0.15, 0.2) is 84.9 Å². The first-order chi connectivity index (χ1) is 17.5. The van der Waals surface area contributed by atoms with Crippen LogP contribution in [0.25, 0.3) is 27.5 Å². The van der Waals surface area contributed by atoms with Gasteiger partial charge in [0.2, 0.25) is 0 Å². The topological polar surface area (TPSA) is 81.1 Å². The fourth-order valence-electron chi connectivity index (χ4n) is 3.91. The standard InChI is InChI=1S/C28H25N5O2S/c1-18(2)19-10-13-22(14-11-19)35-17-27(34)30-28(36)29-21-12-15-24-25(16-21)32-33(31-24)26-9-5-7-20-6-3-4-8-23(20)26/h3-16,18H,17H2,1-2H3,(H2,29,30,34,36). The molecule has 0 unspecified atom stereocenters. The Balaban J connectivity index is 1.22. The van der Waals surface area contributed by atoms with Crippen LogP contribution in [-0.4, -0.2) is 32.6 Å². The van der Waals surface area contributed by atoms with Gasteiger partial charge >= 0.3 is 0 Å². The summed E-state index contributed by atoms with van der Waals surface area (Å²) in [6, 6.07) is 27.4. The third kappa shape index (κ3) is 5.18. The molecule has 0 saturated heterocycles. The normalized spacial score (nSPS) is 11.1. The number of carbonyl (C=O) groups is 1. The molecule has 1 aromatic heterocycles. The number of hydrogen-bond donors (Lipinski definition) is 2. The molecule has 8 heteroatoms. The van der Waals surface area contributed by atoms with Crippen LogP contribution in [0.2, 0.25) is 0 Å². The van der Waals surface area contributed by atoms with Gasteiger partial charge in [-0.05, 0) is 65.5 Å². The van der Waals surface area contributed by atoms with E-state index in [1.54, 1.807) is 4.80 Å². The van der Waals surface area contributed by atoms with E-state index in [0.717, 1.165) is 22.0 Å². The van der Waals surface area contributed by atoms with Gasteiger partial charge in [0.1, 0.15) is 16.8 Å². The Bertz CT molecular complexity index is 1550. The van der Waals surface area contributed by atoms with Gasteiger partial charge in [-0.2, -0.15) is 0 Å². The minimum Gasteiger partial charge on any atom is -0.484 e. The molecule has 0 spiro atoms. The molecule has 1 amide bonds. The summed E-state index contributed by atoms with van der Waals surface area (Å²) in [6.45, 7) is 4.12. The minimum atomic E-state index is -0.344. The highest BCUT2D eigenvalue weighted by molar-refractivity contribution is 7.80. The van der Waals surface area contributed by atoms with Crippen molar-refractivity contribution in [1.29, 1.82) is 0 Å². The van der Waals surface area contributed by atoms with Gasteiger partial charge in [-0.1, -0.05) is 62.4 Å². The quantitative estimate of drug-likeness (QED) is 0.299. The summed E-state index contributed by atoms with van der Waals surface area (Å²) in [5, 5.41) is 17.3. The lowest BCUT2D eigenvalue weighted by atomic mass is 10.0. The lowest BCUT2D eigenvalue weighted by Gasteiger charge is -2.11. The number of amides is 1. The lowest BCUT2D eigenvalue weighted by Crippen LogP contribution is -2.37. The van der Waals surface area contributed by atoms with Crippen LogP contribution < -0.4 is 15.4 Å². The van der Waals surface area contributed by atoms with Gasteiger partial charge in [0.25, 0.3) is 5.91 Å². The zero-order valence-electron chi connectivity index (χ0n) is 19.9. The van der Waals surface area contributed by atoms with Crippen molar-refractivity contribution >= 4 is 50.7 Å². The molecule has 0 aliphatic carbocycles. The summed E-state index contributed by atoms with van der Waals surface area (Å²) in [6.07, 6.45) is 0. The lowest BCUT2D eigenvalue weighted by molar-refractivity contribution is -0.121. The van der Waals surface area contributed by atoms with Crippen LogP contribution in [0.3, 0.4) is 0 Å². The van der Waals surface area contributed by atoms with Gasteiger partial charge in [-0.3, -0.25) is 10.1 Å². The van der Waals surface area contributed by atoms with Crippen molar-refractivity contribution in [3.05, 3.63) is 90.5 Å². The van der Waals surface area contributed by atoms with E-state index >= 15 is 0 Å². The fourth-order valence-corrected chi connectivity index (χ4v) is 4.14. The molecule has 0 aliphatic rings. The van der Waals surface area contributed by atoms with Crippen molar-refractivity contribution in [3.63, 3.8) is 0 Å². The number of rotatable bonds is 6. The molecule has 0 aliphatic heterocycles. The summed E-state index contributed by atoms with van der Waals surface area (Å²) in [5.41, 5.74) is 4.27. The molecule has 4 aromatic carbocycles. The van der Waals surface area contributed by atoms with Crippen molar-refractivity contribution < 1.29 is 9.53 Å². The van der Waals surface area contributed by atoms with E-state index in [4.69, 9.17) is 17.0 Å². The largest absolute Gasteiger partial charge is 0.484 e. The minimum absolute atomic E-state index is 0.138. The fraction of sp³-hybridized carbons (Fsp3) is 0.143. The first-order valence-corrected chi connectivity index (χ1v) is 12.1. The number of nitrogens with zero attached hydrogens (tertiary/aromatic N) is 3. The number of carbonyl (C=O) groups excluding carboxylic acids is 1. The number of anilines is 1. The molecule has 0 bridgehead atoms. The first-order valence-electron chi connectivity index (χ1n) is 11.6. The van der Waals surface area contributed by atoms with E-state index in [9.17, 15) is 4.79 Å². The van der Waals surface area contributed by atoms with Crippen molar-refractivity contribution in [2.45, 2.75) is 19.8 Å². The number of hydrogen-bond acceptors (Lipinski definition) is 5. The maximum absolute atomic E-state index is 12.3. The van der Waals surface area contributed by atoms with Crippen LogP contribution in [0, 0.1) is 0 Å². The summed E-state index contributed by atoms with van der Waals surface area (Å²) in [5.74, 6) is 0.726. The third-order valence-electron chi connectivity index (χ3n) is 5.79. The van der Waals surface area contributed by atoms with E-state index in [1.165, 1.54) is 5.56 Å². The van der Waals surface area contributed by atoms with Gasteiger partial charge in [-0.25, -0.2) is 0 Å². The highest BCUT2D eigenvalue weighted by atomic mass is 32.1. The summed E-state index contributed by atoms with van der Waals surface area (Å²) >= 11 is 5.31. The maximum Gasteiger partial charge on any atom is 0.264 e. The molecule has 7 nitrogen and oxygen atoms in total. The number of nitrogens with one attached hydrogen (secondary N) is 2. The Morgan fingerprint density at radius 1 is 0.944 bits per heavy atom. The van der Waals surface area contributed by atoms with Gasteiger partial charge in [0.15, 0.2) is 11.7 Å². The average Bonchev–Trinajstić information content (AvgIpc) is 3.30. The number of benzene rings is 4. The second-order valence-corrected chi connectivity index (χ2v) is 9.11. The summed E-state index contributed by atoms with van der Waals surface area (Å²) < 4.78 is 5.57. The molecule has 180 valence electrons. The molecule has 0 radical (unpaired) electrons. The zero-order chi connectivity index (χ0) is 25.1. The number of aromatic nitrogens is 3. The molecular weight excluding hydrogens is 470 g/mol. The molecule has 0 saturated carbocycles. The maximum atomic E-state index is 12.3. The first kappa shape index (κ1) is 23.4. The monoisotopic (exact) mass is 495 g/mol. The van der Waals surface area contributed by atoms with Crippen LogP contribution in [0.5, 0.6) is 5.75 Å². The molecule has 5 rings (SSSR count). The predicted molar refractivity (Wildman–Crippen MR) is 147 cm³/mol. The van der Waals surface area contributed by atoms with Gasteiger partial charge in [-0.15, -0.1) is 15.0 Å². The number of ether oxygens (including phenoxy) is 1. The van der Waals surface area contributed by atoms with Gasteiger partial charge < -0.3 is 10.1 Å². The second kappa shape index (κ2) is 10.1. The van der Waals surface area contributed by atoms with Crippen molar-refractivity contribution in [2.75, 3.05) is 11.9 Å². The molecule has 0 atom stereocenters. The molecule has 2 N–H and O–H groups in total. The van der Waals surface area contributed by atoms with E-state index in [2.05, 4.69) is 52.9 Å². The molecule has 36 heavy (non-hydrogen) atoms. The van der Waals surface area contributed by atoms with Crippen molar-refractivity contribution in [3.8, 4) is 11.4 Å². The molecule has 0 fully saturated rings. The van der Waals surface area contributed by atoms with Crippen LogP contribution in [0.4, 0.5) is 5.69 Å². The van der Waals surface area contributed by atoms with E-state index < -0.39 is 0 Å². The Labute approximate surface area is 214 Å². The van der Waals surface area contributed by atoms with Crippen LogP contribution in [-0.2, 0) is 4.79 Å². The highest BCUT2D eigenvalue weighted by Crippen LogP contribution is 2.23.